The van der Waals surface area contributed by atoms with Gasteiger partial charge in [0, 0.05) is 32.9 Å². The number of non-ortho nitro benzene ring substituents is 2. The summed E-state index contributed by atoms with van der Waals surface area (Å²) in [4.78, 5) is 29.8. The van der Waals surface area contributed by atoms with E-state index < -0.39 is 9.85 Å². The van der Waals surface area contributed by atoms with E-state index in [0.29, 0.717) is 11.1 Å². The minimum Gasteiger partial charge on any atom is -0.309 e. The fourth-order valence-corrected chi connectivity index (χ4v) is 11.1. The summed E-state index contributed by atoms with van der Waals surface area (Å²) < 4.78 is 0. The van der Waals surface area contributed by atoms with Crippen molar-refractivity contribution in [3.63, 3.8) is 0 Å². The van der Waals surface area contributed by atoms with Crippen molar-refractivity contribution in [2.24, 2.45) is 0 Å². The van der Waals surface area contributed by atoms with Crippen molar-refractivity contribution in [1.82, 2.24) is 0 Å². The second-order valence-electron chi connectivity index (χ2n) is 19.3. The lowest BCUT2D eigenvalue weighted by molar-refractivity contribution is -0.384. The van der Waals surface area contributed by atoms with Crippen LogP contribution in [-0.2, 0) is 0 Å². The van der Waals surface area contributed by atoms with Crippen LogP contribution in [0.3, 0.4) is 0 Å². The fraction of sp³-hybridized carbons (Fsp3) is 0. The van der Waals surface area contributed by atoms with Crippen LogP contribution in [0.15, 0.2) is 255 Å². The number of nitrogens with zero attached hydrogens (tertiary/aromatic N) is 4. The predicted molar refractivity (Wildman–Crippen MR) is 325 cm³/mol. The first-order valence-electron chi connectivity index (χ1n) is 25.7. The van der Waals surface area contributed by atoms with E-state index in [-0.39, 0.29) is 32.9 Å². The third-order valence-electron chi connectivity index (χ3n) is 14.7. The lowest BCUT2D eigenvalue weighted by Gasteiger charge is -2.28. The summed E-state index contributed by atoms with van der Waals surface area (Å²) >= 11 is 0. The SMILES string of the molecule is O=[N+]([O-])c1c2ccc(/C=C/c3ccc(N(c4cccc5ccccc45)c4cccc5ccccc45)cc3)cc2c([N+](=O)[O-])c2ccc(/C=C/c3ccc(N(c4cccc5ccccc45)c4cccc5ccccc45)cc3)cc12. The van der Waals surface area contributed by atoms with Gasteiger partial charge in [0.25, 0.3) is 11.4 Å². The molecule has 8 nitrogen and oxygen atoms in total. The molecule has 0 bridgehead atoms. The average molecular weight is 1010 g/mol. The number of nitro groups is 2. The van der Waals surface area contributed by atoms with Gasteiger partial charge in [-0.15, -0.1) is 0 Å². The van der Waals surface area contributed by atoms with E-state index in [9.17, 15) is 20.2 Å². The van der Waals surface area contributed by atoms with E-state index in [0.717, 1.165) is 88.3 Å². The Morgan fingerprint density at radius 1 is 0.269 bits per heavy atom. The van der Waals surface area contributed by atoms with Crippen LogP contribution in [0.4, 0.5) is 45.5 Å². The zero-order chi connectivity index (χ0) is 52.7. The smallest absolute Gasteiger partial charge is 0.285 e. The highest BCUT2D eigenvalue weighted by Crippen LogP contribution is 2.46. The summed E-state index contributed by atoms with van der Waals surface area (Å²) in [7, 11) is 0. The zero-order valence-electron chi connectivity index (χ0n) is 42.0. The van der Waals surface area contributed by atoms with Gasteiger partial charge < -0.3 is 9.80 Å². The molecule has 0 aliphatic heterocycles. The van der Waals surface area contributed by atoms with Crippen molar-refractivity contribution in [3.05, 3.63) is 297 Å². The van der Waals surface area contributed by atoms with Crippen molar-refractivity contribution >= 4 is 134 Å². The summed E-state index contributed by atoms with van der Waals surface area (Å²) in [6, 6.07) is 85.7. The zero-order valence-corrected chi connectivity index (χ0v) is 42.0. The van der Waals surface area contributed by atoms with Crippen LogP contribution in [0.25, 0.3) is 88.9 Å². The quantitative estimate of drug-likeness (QED) is 0.0524. The molecule has 13 rings (SSSR count). The topological polar surface area (TPSA) is 92.8 Å². The Morgan fingerprint density at radius 2 is 0.538 bits per heavy atom. The minimum atomic E-state index is -0.435. The highest BCUT2D eigenvalue weighted by Gasteiger charge is 2.28. The van der Waals surface area contributed by atoms with Crippen molar-refractivity contribution < 1.29 is 9.85 Å². The number of nitro benzene ring substituents is 2. The summed E-state index contributed by atoms with van der Waals surface area (Å²) in [6.45, 7) is 0. The van der Waals surface area contributed by atoms with E-state index in [1.54, 1.807) is 36.4 Å². The Morgan fingerprint density at radius 3 is 0.846 bits per heavy atom. The molecule has 0 aromatic heterocycles. The Labute approximate surface area is 449 Å². The van der Waals surface area contributed by atoms with Gasteiger partial charge in [0.05, 0.1) is 54.1 Å². The summed E-state index contributed by atoms with van der Waals surface area (Å²) in [6.07, 6.45) is 7.66. The molecule has 0 saturated heterocycles. The average Bonchev–Trinajstić information content (AvgIpc) is 3.57. The molecule has 0 atom stereocenters. The fourth-order valence-electron chi connectivity index (χ4n) is 11.1. The molecule has 370 valence electrons. The minimum absolute atomic E-state index is 0.180. The maximum atomic E-state index is 13.0. The van der Waals surface area contributed by atoms with E-state index in [2.05, 4.69) is 204 Å². The molecule has 13 aromatic carbocycles. The van der Waals surface area contributed by atoms with Gasteiger partial charge in [-0.1, -0.05) is 206 Å². The van der Waals surface area contributed by atoms with Gasteiger partial charge in [0.1, 0.15) is 0 Å². The van der Waals surface area contributed by atoms with Crippen LogP contribution in [0, 0.1) is 20.2 Å². The number of fused-ring (bicyclic) bond motifs is 6. The molecule has 8 heteroatoms. The highest BCUT2D eigenvalue weighted by molar-refractivity contribution is 6.16. The largest absolute Gasteiger partial charge is 0.309 e. The molecule has 0 unspecified atom stereocenters. The molecule has 0 N–H and O–H groups in total. The van der Waals surface area contributed by atoms with Crippen molar-refractivity contribution in [2.45, 2.75) is 0 Å². The van der Waals surface area contributed by atoms with E-state index in [1.807, 2.05) is 48.6 Å². The predicted octanol–water partition coefficient (Wildman–Crippen LogP) is 19.7. The van der Waals surface area contributed by atoms with Gasteiger partial charge in [0.2, 0.25) is 0 Å². The summed E-state index contributed by atoms with van der Waals surface area (Å²) in [5.74, 6) is 0. The normalized spacial score (nSPS) is 11.7. The molecule has 0 heterocycles. The second-order valence-corrected chi connectivity index (χ2v) is 19.3. The van der Waals surface area contributed by atoms with Crippen LogP contribution in [-0.4, -0.2) is 9.85 Å². The number of rotatable bonds is 12. The third kappa shape index (κ3) is 8.59. The maximum absolute atomic E-state index is 13.0. The Bertz CT molecular complexity index is 4110. The van der Waals surface area contributed by atoms with Crippen LogP contribution in [0.5, 0.6) is 0 Å². The van der Waals surface area contributed by atoms with Crippen LogP contribution >= 0.6 is 0 Å². The lowest BCUT2D eigenvalue weighted by Crippen LogP contribution is -2.11. The molecule has 0 aliphatic rings. The van der Waals surface area contributed by atoms with Gasteiger partial charge in [-0.2, -0.15) is 0 Å². The van der Waals surface area contributed by atoms with Crippen molar-refractivity contribution in [3.8, 4) is 0 Å². The van der Waals surface area contributed by atoms with Gasteiger partial charge >= 0.3 is 0 Å². The van der Waals surface area contributed by atoms with E-state index in [4.69, 9.17) is 0 Å². The van der Waals surface area contributed by atoms with Gasteiger partial charge in [-0.3, -0.25) is 20.2 Å². The van der Waals surface area contributed by atoms with Crippen molar-refractivity contribution in [2.75, 3.05) is 9.80 Å². The highest BCUT2D eigenvalue weighted by atomic mass is 16.6. The first-order chi connectivity index (χ1) is 38.3. The summed E-state index contributed by atoms with van der Waals surface area (Å²) in [5, 5.41) is 35.9. The molecular weight excluding hydrogens is 961 g/mol. The van der Waals surface area contributed by atoms with Crippen LogP contribution in [0.2, 0.25) is 0 Å². The third-order valence-corrected chi connectivity index (χ3v) is 14.7. The number of hydrogen-bond donors (Lipinski definition) is 0. The number of hydrogen-bond acceptors (Lipinski definition) is 6. The first kappa shape index (κ1) is 47.0. The first-order valence-corrected chi connectivity index (χ1v) is 25.7. The molecule has 0 amide bonds. The molecular formula is C70H46N4O4. The molecule has 0 spiro atoms. The maximum Gasteiger partial charge on any atom is 0.285 e. The Hall–Kier alpha value is -10.7. The second kappa shape index (κ2) is 19.9. The molecule has 0 saturated carbocycles. The van der Waals surface area contributed by atoms with Gasteiger partial charge in [0.15, 0.2) is 0 Å². The molecule has 0 aliphatic carbocycles. The van der Waals surface area contributed by atoms with Crippen molar-refractivity contribution in [1.29, 1.82) is 0 Å². The number of anilines is 6. The van der Waals surface area contributed by atoms with Gasteiger partial charge in [-0.05, 0) is 117 Å². The molecule has 0 fully saturated rings. The van der Waals surface area contributed by atoms with E-state index >= 15 is 0 Å². The molecule has 0 radical (unpaired) electrons. The molecule has 78 heavy (non-hydrogen) atoms. The van der Waals surface area contributed by atoms with Gasteiger partial charge in [-0.25, -0.2) is 0 Å². The lowest BCUT2D eigenvalue weighted by atomic mass is 9.95. The standard InChI is InChI=1S/C70H46N4O4/c75-73(76)69-62-44-38-50(32-30-48-35-41-56(42-36-48)72(67-27-11-19-53-15-3-7-23-59(53)67)68-28-12-20-54-16-4-8-24-60(54)68)46-64(62)70(74(77)78)61-43-37-49(45-63(61)69)31-29-47-33-39-55(40-34-47)71(65-25-9-17-51-13-1-5-21-57(51)65)66-26-10-18-52-14-2-6-22-58(52)66/h1-46H/b31-29+,32-30+. The number of benzene rings is 13. The van der Waals surface area contributed by atoms with Crippen LogP contribution in [0.1, 0.15) is 22.3 Å². The monoisotopic (exact) mass is 1010 g/mol. The Balaban J connectivity index is 0.812. The van der Waals surface area contributed by atoms with E-state index in [1.165, 1.54) is 0 Å². The Kier molecular flexibility index (Phi) is 12.0. The van der Waals surface area contributed by atoms with Crippen LogP contribution < -0.4 is 9.80 Å². The molecule has 13 aromatic rings. The summed E-state index contributed by atoms with van der Waals surface area (Å²) in [5.41, 5.74) is 8.97.